The molecule has 0 N–H and O–H groups in total. The molecule has 0 aliphatic carbocycles. The molecule has 0 amide bonds. The van der Waals surface area contributed by atoms with E-state index in [9.17, 15) is 4.79 Å². The molecule has 0 saturated heterocycles. The maximum atomic E-state index is 12.1. The van der Waals surface area contributed by atoms with E-state index in [1.54, 1.807) is 24.4 Å². The Labute approximate surface area is 123 Å². The van der Waals surface area contributed by atoms with Gasteiger partial charge >= 0.3 is 5.97 Å². The second kappa shape index (κ2) is 5.60. The molecule has 0 saturated carbocycles. The molecule has 0 unspecified atom stereocenters. The number of hydrogen-bond acceptors (Lipinski definition) is 6. The van der Waals surface area contributed by atoms with Crippen molar-refractivity contribution in [3.05, 3.63) is 47.5 Å². The van der Waals surface area contributed by atoms with E-state index in [0.717, 1.165) is 10.2 Å². The minimum absolute atomic E-state index is 0.370. The molecular weight excluding hydrogens is 292 g/mol. The Kier molecular flexibility index (Phi) is 3.66. The highest BCUT2D eigenvalue weighted by Gasteiger charge is 2.14. The lowest BCUT2D eigenvalue weighted by Gasteiger charge is -2.00. The lowest BCUT2D eigenvalue weighted by molar-refractivity contribution is 0.0740. The Balaban J connectivity index is 1.88. The molecule has 0 aliphatic heterocycles. The van der Waals surface area contributed by atoms with Gasteiger partial charge in [0.15, 0.2) is 5.16 Å². The van der Waals surface area contributed by atoms with Gasteiger partial charge < -0.3 is 4.74 Å². The molecule has 4 nitrogen and oxygen atoms in total. The molecule has 100 valence electrons. The van der Waals surface area contributed by atoms with Crippen LogP contribution in [0, 0.1) is 0 Å². The fourth-order valence-corrected chi connectivity index (χ4v) is 2.94. The third-order valence-corrected chi connectivity index (χ3v) is 4.18. The predicted molar refractivity (Wildman–Crippen MR) is 80.6 cm³/mol. The van der Waals surface area contributed by atoms with Crippen molar-refractivity contribution in [1.82, 2.24) is 9.97 Å². The minimum atomic E-state index is -0.370. The number of para-hydroxylation sites is 1. The van der Waals surface area contributed by atoms with Crippen LogP contribution in [0.5, 0.6) is 5.75 Å². The molecule has 0 atom stereocenters. The van der Waals surface area contributed by atoms with Gasteiger partial charge in [-0.3, -0.25) is 0 Å². The zero-order valence-electron chi connectivity index (χ0n) is 10.6. The lowest BCUT2D eigenvalue weighted by Crippen LogP contribution is -2.05. The summed E-state index contributed by atoms with van der Waals surface area (Å²) >= 11 is 2.79. The molecule has 1 aromatic carbocycles. The van der Waals surface area contributed by atoms with Crippen LogP contribution in [0.2, 0.25) is 0 Å². The van der Waals surface area contributed by atoms with Crippen LogP contribution in [-0.2, 0) is 0 Å². The topological polar surface area (TPSA) is 52.1 Å². The Morgan fingerprint density at radius 3 is 2.85 bits per heavy atom. The van der Waals surface area contributed by atoms with E-state index in [1.807, 2.05) is 24.5 Å². The van der Waals surface area contributed by atoms with Crippen LogP contribution in [-0.4, -0.2) is 22.2 Å². The van der Waals surface area contributed by atoms with Gasteiger partial charge in [-0.15, -0.1) is 11.3 Å². The van der Waals surface area contributed by atoms with Gasteiger partial charge in [-0.25, -0.2) is 14.8 Å². The zero-order chi connectivity index (χ0) is 13.9. The number of rotatable bonds is 3. The van der Waals surface area contributed by atoms with Crippen LogP contribution in [0.4, 0.5) is 0 Å². The first kappa shape index (κ1) is 13.1. The maximum absolute atomic E-state index is 12.1. The maximum Gasteiger partial charge on any atom is 0.353 e. The fourth-order valence-electron chi connectivity index (χ4n) is 1.66. The number of benzene rings is 1. The molecule has 20 heavy (non-hydrogen) atoms. The van der Waals surface area contributed by atoms with Crippen molar-refractivity contribution in [1.29, 1.82) is 0 Å². The van der Waals surface area contributed by atoms with E-state index >= 15 is 0 Å². The largest absolute Gasteiger partial charge is 0.422 e. The summed E-state index contributed by atoms with van der Waals surface area (Å²) in [5.74, 6) is 0.163. The normalized spacial score (nSPS) is 10.7. The van der Waals surface area contributed by atoms with Gasteiger partial charge in [0.2, 0.25) is 0 Å². The average Bonchev–Trinajstić information content (AvgIpc) is 2.91. The summed E-state index contributed by atoms with van der Waals surface area (Å²) in [6, 6.07) is 10.8. The number of aromatic nitrogens is 2. The van der Waals surface area contributed by atoms with Crippen LogP contribution in [0.25, 0.3) is 10.2 Å². The van der Waals surface area contributed by atoms with Gasteiger partial charge in [-0.1, -0.05) is 30.0 Å². The standard InChI is InChI=1S/C14H10N2O2S2/c1-19-14-15-8-9-7-11(20-12(9)16-14)13(17)18-10-5-3-2-4-6-10/h2-8H,1H3. The smallest absolute Gasteiger partial charge is 0.353 e. The molecule has 0 bridgehead atoms. The lowest BCUT2D eigenvalue weighted by atomic mass is 10.3. The summed E-state index contributed by atoms with van der Waals surface area (Å²) in [7, 11) is 0. The van der Waals surface area contributed by atoms with Crippen molar-refractivity contribution < 1.29 is 9.53 Å². The molecule has 0 spiro atoms. The molecule has 0 radical (unpaired) electrons. The minimum Gasteiger partial charge on any atom is -0.422 e. The average molecular weight is 302 g/mol. The van der Waals surface area contributed by atoms with E-state index in [4.69, 9.17) is 4.74 Å². The number of carbonyl (C=O) groups is 1. The highest BCUT2D eigenvalue weighted by molar-refractivity contribution is 7.98. The Morgan fingerprint density at radius 1 is 1.30 bits per heavy atom. The Hall–Kier alpha value is -1.92. The van der Waals surface area contributed by atoms with Gasteiger partial charge in [-0.05, 0) is 24.5 Å². The molecule has 2 aromatic heterocycles. The number of nitrogens with zero attached hydrogens (tertiary/aromatic N) is 2. The number of ether oxygens (including phenoxy) is 1. The summed E-state index contributed by atoms with van der Waals surface area (Å²) in [5.41, 5.74) is 0. The molecule has 2 heterocycles. The molecular formula is C14H10N2O2S2. The number of carbonyl (C=O) groups excluding carboxylic acids is 1. The molecule has 0 fully saturated rings. The van der Waals surface area contributed by atoms with Crippen molar-refractivity contribution >= 4 is 39.3 Å². The first-order valence-corrected chi connectivity index (χ1v) is 7.88. The first-order valence-electron chi connectivity index (χ1n) is 5.84. The van der Waals surface area contributed by atoms with Crippen LogP contribution >= 0.6 is 23.1 Å². The SMILES string of the molecule is CSc1ncc2cc(C(=O)Oc3ccccc3)sc2n1. The second-order valence-corrected chi connectivity index (χ2v) is 5.73. The van der Waals surface area contributed by atoms with E-state index in [2.05, 4.69) is 9.97 Å². The summed E-state index contributed by atoms with van der Waals surface area (Å²) in [5, 5.41) is 1.55. The fraction of sp³-hybridized carbons (Fsp3) is 0.0714. The molecule has 6 heteroatoms. The summed E-state index contributed by atoms with van der Waals surface area (Å²) < 4.78 is 5.30. The van der Waals surface area contributed by atoms with E-state index in [-0.39, 0.29) is 5.97 Å². The van der Waals surface area contributed by atoms with Crippen LogP contribution in [0.15, 0.2) is 47.8 Å². The van der Waals surface area contributed by atoms with Crippen molar-refractivity contribution in [2.24, 2.45) is 0 Å². The summed E-state index contributed by atoms with van der Waals surface area (Å²) in [6.07, 6.45) is 3.64. The first-order chi connectivity index (χ1) is 9.76. The van der Waals surface area contributed by atoms with Gasteiger partial charge in [0.25, 0.3) is 0 Å². The van der Waals surface area contributed by atoms with Crippen LogP contribution < -0.4 is 4.74 Å². The second-order valence-electron chi connectivity index (χ2n) is 3.93. The zero-order valence-corrected chi connectivity index (χ0v) is 12.2. The highest BCUT2D eigenvalue weighted by Crippen LogP contribution is 2.26. The van der Waals surface area contributed by atoms with Gasteiger partial charge in [0, 0.05) is 11.6 Å². The number of thiophene rings is 1. The van der Waals surface area contributed by atoms with Crippen molar-refractivity contribution in [2.45, 2.75) is 5.16 Å². The number of esters is 1. The van der Waals surface area contributed by atoms with Crippen molar-refractivity contribution in [3.63, 3.8) is 0 Å². The third kappa shape index (κ3) is 2.66. The summed E-state index contributed by atoms with van der Waals surface area (Å²) in [4.78, 5) is 21.9. The van der Waals surface area contributed by atoms with E-state index in [0.29, 0.717) is 15.8 Å². The molecule has 3 rings (SSSR count). The third-order valence-electron chi connectivity index (χ3n) is 2.59. The Bertz CT molecular complexity index is 756. The van der Waals surface area contributed by atoms with Crippen LogP contribution in [0.1, 0.15) is 9.67 Å². The van der Waals surface area contributed by atoms with Gasteiger partial charge in [-0.2, -0.15) is 0 Å². The van der Waals surface area contributed by atoms with Crippen LogP contribution in [0.3, 0.4) is 0 Å². The number of fused-ring (bicyclic) bond motifs is 1. The molecule has 3 aromatic rings. The highest BCUT2D eigenvalue weighted by atomic mass is 32.2. The van der Waals surface area contributed by atoms with Gasteiger partial charge in [0.1, 0.15) is 15.5 Å². The number of thioether (sulfide) groups is 1. The van der Waals surface area contributed by atoms with Crippen molar-refractivity contribution in [3.8, 4) is 5.75 Å². The van der Waals surface area contributed by atoms with E-state index in [1.165, 1.54) is 23.1 Å². The van der Waals surface area contributed by atoms with Gasteiger partial charge in [0.05, 0.1) is 0 Å². The monoisotopic (exact) mass is 302 g/mol. The number of hydrogen-bond donors (Lipinski definition) is 0. The van der Waals surface area contributed by atoms with Crippen molar-refractivity contribution in [2.75, 3.05) is 6.26 Å². The molecule has 0 aliphatic rings. The predicted octanol–water partition coefficient (Wildman–Crippen LogP) is 3.63. The van der Waals surface area contributed by atoms with E-state index < -0.39 is 0 Å². The quantitative estimate of drug-likeness (QED) is 0.320. The summed E-state index contributed by atoms with van der Waals surface area (Å²) in [6.45, 7) is 0. The Morgan fingerprint density at radius 2 is 2.10 bits per heavy atom.